The van der Waals surface area contributed by atoms with E-state index >= 15 is 0 Å². The van der Waals surface area contributed by atoms with Crippen LogP contribution in [-0.2, 0) is 13.0 Å². The van der Waals surface area contributed by atoms with Crippen LogP contribution in [0.15, 0.2) is 42.5 Å². The number of hydrogen-bond donors (Lipinski definition) is 1. The molecule has 1 heterocycles. The van der Waals surface area contributed by atoms with Gasteiger partial charge in [0.25, 0.3) is 5.91 Å². The maximum Gasteiger partial charge on any atom is 0.251 e. The molecule has 3 aromatic rings. The minimum atomic E-state index is -0.136. The summed E-state index contributed by atoms with van der Waals surface area (Å²) in [6.45, 7) is 3.72. The van der Waals surface area contributed by atoms with Crippen LogP contribution in [0.25, 0.3) is 11.0 Å². The third-order valence-electron chi connectivity index (χ3n) is 5.50. The lowest BCUT2D eigenvalue weighted by molar-refractivity contribution is 0.0953. The number of nitrogens with zero attached hydrogens (tertiary/aromatic N) is 2. The number of carbonyl (C=O) groups is 1. The van der Waals surface area contributed by atoms with Gasteiger partial charge < -0.3 is 19.4 Å². The Hall–Kier alpha value is -3.02. The summed E-state index contributed by atoms with van der Waals surface area (Å²) >= 11 is 0. The van der Waals surface area contributed by atoms with E-state index in [9.17, 15) is 4.79 Å². The fourth-order valence-electron chi connectivity index (χ4n) is 3.81. The van der Waals surface area contributed by atoms with Crippen LogP contribution in [-0.4, -0.2) is 36.2 Å². The maximum atomic E-state index is 12.6. The zero-order valence-corrected chi connectivity index (χ0v) is 18.8. The van der Waals surface area contributed by atoms with Gasteiger partial charge >= 0.3 is 0 Å². The molecule has 0 radical (unpaired) electrons. The van der Waals surface area contributed by atoms with Gasteiger partial charge in [0, 0.05) is 25.1 Å². The summed E-state index contributed by atoms with van der Waals surface area (Å²) in [5.41, 5.74) is 2.72. The third kappa shape index (κ3) is 5.78. The maximum absolute atomic E-state index is 12.6. The first-order valence-corrected chi connectivity index (χ1v) is 11.1. The molecule has 3 rings (SSSR count). The predicted molar refractivity (Wildman–Crippen MR) is 124 cm³/mol. The Balaban J connectivity index is 1.63. The van der Waals surface area contributed by atoms with Crippen molar-refractivity contribution in [2.45, 2.75) is 52.0 Å². The molecule has 0 saturated carbocycles. The molecule has 2 aromatic carbocycles. The van der Waals surface area contributed by atoms with Crippen LogP contribution >= 0.6 is 0 Å². The summed E-state index contributed by atoms with van der Waals surface area (Å²) in [5, 5.41) is 3.00. The monoisotopic (exact) mass is 423 g/mol. The van der Waals surface area contributed by atoms with Crippen LogP contribution in [0.1, 0.15) is 55.2 Å². The summed E-state index contributed by atoms with van der Waals surface area (Å²) < 4.78 is 12.8. The van der Waals surface area contributed by atoms with Crippen LogP contribution in [0.3, 0.4) is 0 Å². The van der Waals surface area contributed by atoms with Crippen LogP contribution in [0.5, 0.6) is 11.5 Å². The number of rotatable bonds is 12. The van der Waals surface area contributed by atoms with Crippen LogP contribution in [0.2, 0.25) is 0 Å². The van der Waals surface area contributed by atoms with Gasteiger partial charge in [-0.15, -0.1) is 0 Å². The van der Waals surface area contributed by atoms with Gasteiger partial charge in [0.05, 0.1) is 25.3 Å². The highest BCUT2D eigenvalue weighted by atomic mass is 16.5. The van der Waals surface area contributed by atoms with Crippen molar-refractivity contribution in [2.75, 3.05) is 20.8 Å². The molecule has 1 amide bonds. The first kappa shape index (κ1) is 22.7. The lowest BCUT2D eigenvalue weighted by Gasteiger charge is -2.11. The molecule has 6 heteroatoms. The van der Waals surface area contributed by atoms with Crippen LogP contribution in [0, 0.1) is 0 Å². The molecular formula is C25H33N3O3. The van der Waals surface area contributed by atoms with E-state index < -0.39 is 0 Å². The second-order valence-corrected chi connectivity index (χ2v) is 7.66. The Bertz CT molecular complexity index is 997. The van der Waals surface area contributed by atoms with E-state index in [4.69, 9.17) is 14.5 Å². The molecule has 0 spiro atoms. The number of benzene rings is 2. The number of hydrogen-bond acceptors (Lipinski definition) is 4. The molecule has 0 unspecified atom stereocenters. The first-order chi connectivity index (χ1) is 15.2. The average molecular weight is 424 g/mol. The zero-order valence-electron chi connectivity index (χ0n) is 18.8. The van der Waals surface area contributed by atoms with E-state index in [2.05, 4.69) is 35.0 Å². The minimum absolute atomic E-state index is 0.136. The lowest BCUT2D eigenvalue weighted by atomic mass is 10.1. The van der Waals surface area contributed by atoms with Crippen LogP contribution < -0.4 is 14.8 Å². The number of aromatic nitrogens is 2. The fourth-order valence-corrected chi connectivity index (χ4v) is 3.81. The summed E-state index contributed by atoms with van der Waals surface area (Å²) in [7, 11) is 3.14. The number of para-hydroxylation sites is 2. The van der Waals surface area contributed by atoms with Gasteiger partial charge in [0.15, 0.2) is 11.5 Å². The quantitative estimate of drug-likeness (QED) is 0.417. The predicted octanol–water partition coefficient (Wildman–Crippen LogP) is 5.00. The van der Waals surface area contributed by atoms with Crippen molar-refractivity contribution in [1.29, 1.82) is 0 Å². The average Bonchev–Trinajstić information content (AvgIpc) is 3.15. The van der Waals surface area contributed by atoms with E-state index in [-0.39, 0.29) is 5.91 Å². The second-order valence-electron chi connectivity index (χ2n) is 7.66. The molecule has 0 aliphatic rings. The zero-order chi connectivity index (χ0) is 22.1. The van der Waals surface area contributed by atoms with Crippen molar-refractivity contribution in [3.05, 3.63) is 53.9 Å². The topological polar surface area (TPSA) is 65.4 Å². The largest absolute Gasteiger partial charge is 0.493 e. The standard InChI is InChI=1S/C25H33N3O3/c1-4-5-6-7-10-17-28-21-12-9-8-11-20(21)27-24(28)15-16-26-25(29)19-13-14-22(30-2)23(18-19)31-3/h8-9,11-14,18H,4-7,10,15-17H2,1-3H3,(H,26,29). The number of fused-ring (bicyclic) bond motifs is 1. The smallest absolute Gasteiger partial charge is 0.251 e. The molecule has 1 aromatic heterocycles. The van der Waals surface area contributed by atoms with Crippen molar-refractivity contribution >= 4 is 16.9 Å². The number of carbonyl (C=O) groups excluding carboxylic acids is 1. The van der Waals surface area contributed by atoms with Crippen molar-refractivity contribution in [3.8, 4) is 11.5 Å². The number of amides is 1. The highest BCUT2D eigenvalue weighted by Gasteiger charge is 2.13. The number of imidazole rings is 1. The Morgan fingerprint density at radius 2 is 1.77 bits per heavy atom. The normalized spacial score (nSPS) is 10.9. The number of aryl methyl sites for hydroxylation is 1. The Kier molecular flexibility index (Phi) is 8.33. The first-order valence-electron chi connectivity index (χ1n) is 11.1. The van der Waals surface area contributed by atoms with Crippen molar-refractivity contribution in [1.82, 2.24) is 14.9 Å². The SMILES string of the molecule is CCCCCCCn1c(CCNC(=O)c2ccc(OC)c(OC)c2)nc2ccccc21. The number of methoxy groups -OCH3 is 2. The molecule has 166 valence electrons. The van der Waals surface area contributed by atoms with Gasteiger partial charge in [-0.05, 0) is 36.8 Å². The van der Waals surface area contributed by atoms with Gasteiger partial charge in [-0.25, -0.2) is 4.98 Å². The number of unbranched alkanes of at least 4 members (excludes halogenated alkanes) is 4. The van der Waals surface area contributed by atoms with E-state index in [1.165, 1.54) is 31.2 Å². The lowest BCUT2D eigenvalue weighted by Crippen LogP contribution is -2.26. The van der Waals surface area contributed by atoms with E-state index in [1.807, 2.05) is 6.07 Å². The molecule has 0 fully saturated rings. The van der Waals surface area contributed by atoms with Crippen molar-refractivity contribution < 1.29 is 14.3 Å². The van der Waals surface area contributed by atoms with E-state index in [0.717, 1.165) is 24.3 Å². The highest BCUT2D eigenvalue weighted by Crippen LogP contribution is 2.27. The molecule has 0 aliphatic heterocycles. The highest BCUT2D eigenvalue weighted by molar-refractivity contribution is 5.94. The van der Waals surface area contributed by atoms with Gasteiger partial charge in [-0.1, -0.05) is 44.7 Å². The summed E-state index contributed by atoms with van der Waals surface area (Å²) in [4.78, 5) is 17.4. The van der Waals surface area contributed by atoms with Crippen LogP contribution in [0.4, 0.5) is 0 Å². The van der Waals surface area contributed by atoms with Gasteiger partial charge in [-0.3, -0.25) is 4.79 Å². The third-order valence-corrected chi connectivity index (χ3v) is 5.50. The van der Waals surface area contributed by atoms with Gasteiger partial charge in [-0.2, -0.15) is 0 Å². The molecule has 0 aliphatic carbocycles. The molecule has 0 saturated heterocycles. The Morgan fingerprint density at radius 1 is 1.00 bits per heavy atom. The minimum Gasteiger partial charge on any atom is -0.493 e. The molecule has 6 nitrogen and oxygen atoms in total. The summed E-state index contributed by atoms with van der Waals surface area (Å²) in [6, 6.07) is 13.4. The molecule has 1 N–H and O–H groups in total. The molecule has 31 heavy (non-hydrogen) atoms. The molecular weight excluding hydrogens is 390 g/mol. The van der Waals surface area contributed by atoms with Gasteiger partial charge in [0.1, 0.15) is 5.82 Å². The Morgan fingerprint density at radius 3 is 2.55 bits per heavy atom. The Labute approximate surface area is 184 Å². The molecule has 0 bridgehead atoms. The van der Waals surface area contributed by atoms with Crippen molar-refractivity contribution in [3.63, 3.8) is 0 Å². The van der Waals surface area contributed by atoms with Gasteiger partial charge in [0.2, 0.25) is 0 Å². The molecule has 0 atom stereocenters. The van der Waals surface area contributed by atoms with Crippen molar-refractivity contribution in [2.24, 2.45) is 0 Å². The number of nitrogens with one attached hydrogen (secondary N) is 1. The summed E-state index contributed by atoms with van der Waals surface area (Å²) in [5.74, 6) is 2.03. The van der Waals surface area contributed by atoms with E-state index in [1.54, 1.807) is 32.4 Å². The summed E-state index contributed by atoms with van der Waals surface area (Å²) in [6.07, 6.45) is 6.88. The fraction of sp³-hybridized carbons (Fsp3) is 0.440. The van der Waals surface area contributed by atoms with E-state index in [0.29, 0.717) is 30.0 Å². The number of ether oxygens (including phenoxy) is 2. The second kappa shape index (κ2) is 11.4.